The molecule has 0 saturated heterocycles. The summed E-state index contributed by atoms with van der Waals surface area (Å²) in [5.41, 5.74) is 0.994. The second-order valence-corrected chi connectivity index (χ2v) is 13.6. The number of ether oxygens (including phenoxy) is 1. The predicted octanol–water partition coefficient (Wildman–Crippen LogP) is 7.71. The normalized spacial score (nSPS) is 19.2. The van der Waals surface area contributed by atoms with Crippen molar-refractivity contribution in [3.05, 3.63) is 24.4 Å². The summed E-state index contributed by atoms with van der Waals surface area (Å²) < 4.78 is 16.6. The Hall–Kier alpha value is -1.29. The molecular formula is C29H53N5O2P2. The van der Waals surface area contributed by atoms with Crippen LogP contribution in [-0.4, -0.2) is 55.1 Å². The fraction of sp³-hybridized carbons (Fsp3) is 0.759. The van der Waals surface area contributed by atoms with Crippen LogP contribution in [0.2, 0.25) is 0 Å². The Morgan fingerprint density at radius 3 is 2.32 bits per heavy atom. The molecule has 0 saturated carbocycles. The Labute approximate surface area is 235 Å². The molecule has 0 spiro atoms. The summed E-state index contributed by atoms with van der Waals surface area (Å²) in [6.45, 7) is 7.65. The number of nitrogens with one attached hydrogen (secondary N) is 1. The molecule has 38 heavy (non-hydrogen) atoms. The van der Waals surface area contributed by atoms with E-state index >= 15 is 0 Å². The van der Waals surface area contributed by atoms with Crippen LogP contribution in [-0.2, 0) is 9.30 Å². The summed E-state index contributed by atoms with van der Waals surface area (Å²) in [4.78, 5) is 15.6. The molecule has 0 bridgehead atoms. The van der Waals surface area contributed by atoms with Gasteiger partial charge in [-0.1, -0.05) is 98.8 Å². The lowest BCUT2D eigenvalue weighted by atomic mass is 10.1. The Morgan fingerprint density at radius 2 is 1.66 bits per heavy atom. The highest BCUT2D eigenvalue weighted by molar-refractivity contribution is 8.06. The number of fused-ring (bicyclic) bond motifs is 1. The molecule has 0 aromatic rings. The standard InChI is InChI=1S/C29H53N5O2P2/c1-3-4-5-6-7-8-9-10-11-12-13-14-15-16-17-18-19-20-26(2)33-28-27-29(31-23-30-28)34(24-32-27)21-22-36-25-38(35)37/h10-11,23-24,27,29,38H,2-9,12-22,25,37H2,1H3,(H,30,31,33)/b11-10-. The van der Waals surface area contributed by atoms with Gasteiger partial charge in [-0.25, -0.2) is 9.98 Å². The highest BCUT2D eigenvalue weighted by atomic mass is 32.0. The molecule has 0 fully saturated rings. The molecule has 0 aliphatic carbocycles. The summed E-state index contributed by atoms with van der Waals surface area (Å²) in [5, 5.41) is 3.39. The van der Waals surface area contributed by atoms with Crippen molar-refractivity contribution in [3.63, 3.8) is 0 Å². The maximum atomic E-state index is 11.2. The number of aliphatic imine (C=N–C) groups is 3. The van der Waals surface area contributed by atoms with Crippen molar-refractivity contribution in [2.75, 3.05) is 19.5 Å². The van der Waals surface area contributed by atoms with Crippen molar-refractivity contribution in [1.29, 1.82) is 0 Å². The highest BCUT2D eigenvalue weighted by Gasteiger charge is 2.35. The zero-order valence-electron chi connectivity index (χ0n) is 23.8. The Kier molecular flexibility index (Phi) is 18.6. The maximum Gasteiger partial charge on any atom is 0.153 e. The third-order valence-corrected chi connectivity index (χ3v) is 7.97. The smallest absolute Gasteiger partial charge is 0.153 e. The lowest BCUT2D eigenvalue weighted by Crippen LogP contribution is -2.46. The minimum atomic E-state index is -1.68. The van der Waals surface area contributed by atoms with E-state index in [4.69, 9.17) is 4.74 Å². The van der Waals surface area contributed by atoms with Gasteiger partial charge in [0.1, 0.15) is 32.1 Å². The SMILES string of the molecule is C=C(CCCCCCCCC/C=C\CCCCCCCC)NC1=NC=NC2C1N=CN2CCOC[PH](=O)P. The first-order valence-electron chi connectivity index (χ1n) is 15.0. The number of hydrogen-bond donors (Lipinski definition) is 1. The van der Waals surface area contributed by atoms with Crippen molar-refractivity contribution < 1.29 is 9.30 Å². The van der Waals surface area contributed by atoms with Crippen LogP contribution in [0.15, 0.2) is 39.4 Å². The molecule has 0 radical (unpaired) electrons. The quantitative estimate of drug-likeness (QED) is 0.0782. The molecule has 1 N–H and O–H groups in total. The molecule has 2 rings (SSSR count). The fourth-order valence-electron chi connectivity index (χ4n) is 4.75. The Bertz CT molecular complexity index is 800. The molecule has 2 heterocycles. The number of rotatable bonds is 23. The number of amidine groups is 1. The van der Waals surface area contributed by atoms with Crippen LogP contribution in [0, 0.1) is 0 Å². The zero-order chi connectivity index (χ0) is 27.3. The summed E-state index contributed by atoms with van der Waals surface area (Å²) in [6.07, 6.45) is 29.2. The Balaban J connectivity index is 1.44. The zero-order valence-corrected chi connectivity index (χ0v) is 25.9. The van der Waals surface area contributed by atoms with Crippen LogP contribution in [0.3, 0.4) is 0 Å². The van der Waals surface area contributed by atoms with Crippen LogP contribution in [0.5, 0.6) is 0 Å². The minimum Gasteiger partial charge on any atom is -0.372 e. The van der Waals surface area contributed by atoms with Crippen LogP contribution in [0.4, 0.5) is 0 Å². The van der Waals surface area contributed by atoms with E-state index in [9.17, 15) is 4.57 Å². The average molecular weight is 566 g/mol. The van der Waals surface area contributed by atoms with E-state index in [2.05, 4.69) is 54.9 Å². The van der Waals surface area contributed by atoms with Crippen LogP contribution in [0.25, 0.3) is 0 Å². The van der Waals surface area contributed by atoms with E-state index in [-0.39, 0.29) is 12.2 Å². The molecule has 0 amide bonds. The monoisotopic (exact) mass is 565 g/mol. The molecule has 216 valence electrons. The minimum absolute atomic E-state index is 0.102. The van der Waals surface area contributed by atoms with Crippen LogP contribution >= 0.6 is 16.4 Å². The molecule has 9 heteroatoms. The van der Waals surface area contributed by atoms with Gasteiger partial charge in [-0.05, 0) is 38.5 Å². The third kappa shape index (κ3) is 14.8. The van der Waals surface area contributed by atoms with E-state index in [0.717, 1.165) is 24.4 Å². The fourth-order valence-corrected chi connectivity index (χ4v) is 5.45. The number of nitrogens with zero attached hydrogens (tertiary/aromatic N) is 4. The second-order valence-electron chi connectivity index (χ2n) is 10.4. The van der Waals surface area contributed by atoms with Gasteiger partial charge < -0.3 is 19.5 Å². The van der Waals surface area contributed by atoms with E-state index in [1.807, 2.05) is 11.2 Å². The Morgan fingerprint density at radius 1 is 1.03 bits per heavy atom. The van der Waals surface area contributed by atoms with Gasteiger partial charge in [-0.15, -0.1) is 0 Å². The predicted molar refractivity (Wildman–Crippen MR) is 169 cm³/mol. The van der Waals surface area contributed by atoms with E-state index in [1.165, 1.54) is 89.9 Å². The van der Waals surface area contributed by atoms with Crippen molar-refractivity contribution in [2.24, 2.45) is 15.0 Å². The van der Waals surface area contributed by atoms with Gasteiger partial charge in [0.05, 0.1) is 12.9 Å². The van der Waals surface area contributed by atoms with Gasteiger partial charge in [-0.2, -0.15) is 0 Å². The molecule has 7 nitrogen and oxygen atoms in total. The van der Waals surface area contributed by atoms with Crippen LogP contribution < -0.4 is 5.32 Å². The van der Waals surface area contributed by atoms with Crippen molar-refractivity contribution >= 4 is 34.9 Å². The summed E-state index contributed by atoms with van der Waals surface area (Å²) >= 11 is 0. The first-order valence-corrected chi connectivity index (χ1v) is 18.4. The van der Waals surface area contributed by atoms with Gasteiger partial charge >= 0.3 is 0 Å². The molecule has 4 unspecified atom stereocenters. The first kappa shape index (κ1) is 32.9. The van der Waals surface area contributed by atoms with Crippen molar-refractivity contribution in [2.45, 2.75) is 122 Å². The highest BCUT2D eigenvalue weighted by Crippen LogP contribution is 2.29. The second kappa shape index (κ2) is 21.5. The van der Waals surface area contributed by atoms with E-state index in [0.29, 0.717) is 19.5 Å². The summed E-state index contributed by atoms with van der Waals surface area (Å²) in [7, 11) is 0.631. The average Bonchev–Trinajstić information content (AvgIpc) is 3.32. The van der Waals surface area contributed by atoms with Gasteiger partial charge in [0.25, 0.3) is 0 Å². The molecule has 2 aliphatic rings. The lowest BCUT2D eigenvalue weighted by molar-refractivity contribution is 0.152. The largest absolute Gasteiger partial charge is 0.372 e. The summed E-state index contributed by atoms with van der Waals surface area (Å²) in [5.74, 6) is 0.811. The van der Waals surface area contributed by atoms with Crippen LogP contribution in [0.1, 0.15) is 110 Å². The van der Waals surface area contributed by atoms with E-state index in [1.54, 1.807) is 6.34 Å². The van der Waals surface area contributed by atoms with Gasteiger partial charge in [0, 0.05) is 12.2 Å². The lowest BCUT2D eigenvalue weighted by Gasteiger charge is -2.27. The number of allylic oxidation sites excluding steroid dienone is 3. The molecular weight excluding hydrogens is 512 g/mol. The number of unbranched alkanes of at least 4 members (excludes halogenated alkanes) is 13. The molecule has 0 aromatic carbocycles. The topological polar surface area (TPSA) is 78.7 Å². The summed E-state index contributed by atoms with van der Waals surface area (Å²) in [6, 6.07) is -0.136. The van der Waals surface area contributed by atoms with Crippen molar-refractivity contribution in [1.82, 2.24) is 10.2 Å². The molecule has 2 aliphatic heterocycles. The molecule has 0 aromatic heterocycles. The van der Waals surface area contributed by atoms with Gasteiger partial charge in [-0.3, -0.25) is 4.99 Å². The van der Waals surface area contributed by atoms with E-state index < -0.39 is 7.49 Å². The van der Waals surface area contributed by atoms with Crippen molar-refractivity contribution in [3.8, 4) is 0 Å². The van der Waals surface area contributed by atoms with Gasteiger partial charge in [0.15, 0.2) is 6.17 Å². The maximum absolute atomic E-state index is 11.2. The molecule has 4 atom stereocenters. The van der Waals surface area contributed by atoms with Gasteiger partial charge in [0.2, 0.25) is 0 Å². The first-order chi connectivity index (χ1) is 18.6. The third-order valence-electron chi connectivity index (χ3n) is 6.98. The number of hydrogen-bond acceptors (Lipinski definition) is 7.